The molecule has 0 amide bonds. The van der Waals surface area contributed by atoms with Crippen LogP contribution in [0.2, 0.25) is 5.02 Å². The van der Waals surface area contributed by atoms with Gasteiger partial charge in [0, 0.05) is 12.1 Å². The molecule has 6 nitrogen and oxygen atoms in total. The third kappa shape index (κ3) is 2.85. The number of ether oxygens (including phenoxy) is 2. The Kier molecular flexibility index (Phi) is 4.47. The molecule has 7 heteroatoms. The Labute approximate surface area is 120 Å². The molecule has 2 N–H and O–H groups in total. The quantitative estimate of drug-likeness (QED) is 0.883. The van der Waals surface area contributed by atoms with E-state index in [1.807, 2.05) is 18.2 Å². The highest BCUT2D eigenvalue weighted by Crippen LogP contribution is 2.31. The number of methoxy groups -OCH3 is 2. The summed E-state index contributed by atoms with van der Waals surface area (Å²) in [6.45, 7) is 0.422. The SMILES string of the molecule is COc1cccc(CNc2cn[nH]c(=O)c2Cl)c1OC. The molecule has 0 aliphatic heterocycles. The Morgan fingerprint density at radius 2 is 2.15 bits per heavy atom. The normalized spacial score (nSPS) is 10.2. The summed E-state index contributed by atoms with van der Waals surface area (Å²) in [7, 11) is 3.15. The number of para-hydroxylation sites is 1. The minimum Gasteiger partial charge on any atom is -0.493 e. The molecular weight excluding hydrogens is 282 g/mol. The number of nitrogens with zero attached hydrogens (tertiary/aromatic N) is 1. The molecule has 0 radical (unpaired) electrons. The summed E-state index contributed by atoms with van der Waals surface area (Å²) in [6.07, 6.45) is 1.45. The molecule has 2 aromatic rings. The molecule has 0 unspecified atom stereocenters. The van der Waals surface area contributed by atoms with Gasteiger partial charge < -0.3 is 14.8 Å². The number of hydrogen-bond acceptors (Lipinski definition) is 5. The highest BCUT2D eigenvalue weighted by Gasteiger charge is 2.10. The largest absolute Gasteiger partial charge is 0.493 e. The lowest BCUT2D eigenvalue weighted by Crippen LogP contribution is -2.12. The smallest absolute Gasteiger partial charge is 0.285 e. The number of aromatic nitrogens is 2. The van der Waals surface area contributed by atoms with Gasteiger partial charge >= 0.3 is 0 Å². The van der Waals surface area contributed by atoms with Crippen LogP contribution in [0.3, 0.4) is 0 Å². The van der Waals surface area contributed by atoms with Crippen molar-refractivity contribution in [3.05, 3.63) is 45.3 Å². The Bertz CT molecular complexity index is 658. The molecule has 1 heterocycles. The van der Waals surface area contributed by atoms with E-state index in [2.05, 4.69) is 15.5 Å². The fourth-order valence-corrected chi connectivity index (χ4v) is 1.95. The van der Waals surface area contributed by atoms with Crippen LogP contribution >= 0.6 is 11.6 Å². The van der Waals surface area contributed by atoms with Gasteiger partial charge in [-0.1, -0.05) is 23.7 Å². The molecular formula is C13H14ClN3O3. The average Bonchev–Trinajstić information content (AvgIpc) is 2.48. The second-order valence-electron chi connectivity index (χ2n) is 3.93. The lowest BCUT2D eigenvalue weighted by Gasteiger charge is -2.13. The van der Waals surface area contributed by atoms with Gasteiger partial charge in [0.25, 0.3) is 5.56 Å². The maximum atomic E-state index is 11.3. The zero-order valence-electron chi connectivity index (χ0n) is 11.1. The van der Waals surface area contributed by atoms with E-state index in [4.69, 9.17) is 21.1 Å². The minimum atomic E-state index is -0.436. The van der Waals surface area contributed by atoms with Crippen molar-refractivity contribution in [3.8, 4) is 11.5 Å². The average molecular weight is 296 g/mol. The molecule has 0 saturated heterocycles. The van der Waals surface area contributed by atoms with Gasteiger partial charge in [0.15, 0.2) is 11.5 Å². The van der Waals surface area contributed by atoms with Crippen molar-refractivity contribution in [2.75, 3.05) is 19.5 Å². The standard InChI is InChI=1S/C13H14ClN3O3/c1-19-10-5-3-4-8(12(10)20-2)6-15-9-7-16-17-13(18)11(9)14/h3-5,7H,6H2,1-2H3,(H2,15,17,18). The van der Waals surface area contributed by atoms with Gasteiger partial charge in [-0.3, -0.25) is 4.79 Å². The van der Waals surface area contributed by atoms with Gasteiger partial charge in [-0.15, -0.1) is 0 Å². The lowest BCUT2D eigenvalue weighted by atomic mass is 10.2. The minimum absolute atomic E-state index is 0.0712. The molecule has 0 saturated carbocycles. The maximum absolute atomic E-state index is 11.3. The summed E-state index contributed by atoms with van der Waals surface area (Å²) >= 11 is 5.89. The van der Waals surface area contributed by atoms with Crippen LogP contribution in [0.1, 0.15) is 5.56 Å². The summed E-state index contributed by atoms with van der Waals surface area (Å²) in [5.74, 6) is 1.28. The van der Waals surface area contributed by atoms with E-state index in [1.165, 1.54) is 6.20 Å². The molecule has 0 aliphatic carbocycles. The Balaban J connectivity index is 2.23. The van der Waals surface area contributed by atoms with Gasteiger partial charge in [-0.05, 0) is 6.07 Å². The lowest BCUT2D eigenvalue weighted by molar-refractivity contribution is 0.352. The van der Waals surface area contributed by atoms with E-state index in [9.17, 15) is 4.79 Å². The highest BCUT2D eigenvalue weighted by molar-refractivity contribution is 6.32. The van der Waals surface area contributed by atoms with Crippen LogP contribution in [0.15, 0.2) is 29.2 Å². The van der Waals surface area contributed by atoms with Crippen molar-refractivity contribution < 1.29 is 9.47 Å². The summed E-state index contributed by atoms with van der Waals surface area (Å²) < 4.78 is 10.6. The number of hydrogen-bond donors (Lipinski definition) is 2. The van der Waals surface area contributed by atoms with Crippen molar-refractivity contribution in [2.45, 2.75) is 6.54 Å². The second-order valence-corrected chi connectivity index (χ2v) is 4.31. The summed E-state index contributed by atoms with van der Waals surface area (Å²) in [5.41, 5.74) is 0.901. The third-order valence-corrected chi connectivity index (χ3v) is 3.12. The predicted octanol–water partition coefficient (Wildman–Crippen LogP) is 2.05. The second kappa shape index (κ2) is 6.29. The first kappa shape index (κ1) is 14.2. The van der Waals surface area contributed by atoms with Crippen LogP contribution in [0.4, 0.5) is 5.69 Å². The van der Waals surface area contributed by atoms with Crippen LogP contribution in [-0.4, -0.2) is 24.4 Å². The first-order chi connectivity index (χ1) is 9.67. The summed E-state index contributed by atoms with van der Waals surface area (Å²) in [6, 6.07) is 5.56. The number of rotatable bonds is 5. The van der Waals surface area contributed by atoms with Crippen molar-refractivity contribution in [1.29, 1.82) is 0 Å². The number of anilines is 1. The Morgan fingerprint density at radius 3 is 2.85 bits per heavy atom. The number of nitrogens with one attached hydrogen (secondary N) is 2. The van der Waals surface area contributed by atoms with Crippen molar-refractivity contribution in [1.82, 2.24) is 10.2 Å². The van der Waals surface area contributed by atoms with E-state index in [1.54, 1.807) is 14.2 Å². The molecule has 0 bridgehead atoms. The van der Waals surface area contributed by atoms with Crippen LogP contribution in [-0.2, 0) is 6.54 Å². The summed E-state index contributed by atoms with van der Waals surface area (Å²) in [5, 5.41) is 9.07. The summed E-state index contributed by atoms with van der Waals surface area (Å²) in [4.78, 5) is 11.3. The topological polar surface area (TPSA) is 76.2 Å². The molecule has 2 rings (SSSR count). The molecule has 106 valence electrons. The predicted molar refractivity (Wildman–Crippen MR) is 76.7 cm³/mol. The Morgan fingerprint density at radius 1 is 1.35 bits per heavy atom. The fraction of sp³-hybridized carbons (Fsp3) is 0.231. The van der Waals surface area contributed by atoms with E-state index in [0.29, 0.717) is 23.7 Å². The van der Waals surface area contributed by atoms with Gasteiger partial charge in [0.1, 0.15) is 5.02 Å². The maximum Gasteiger partial charge on any atom is 0.285 e. The monoisotopic (exact) mass is 295 g/mol. The zero-order chi connectivity index (χ0) is 14.5. The number of aromatic amines is 1. The van der Waals surface area contributed by atoms with Crippen LogP contribution < -0.4 is 20.3 Å². The van der Waals surface area contributed by atoms with Gasteiger partial charge in [0.2, 0.25) is 0 Å². The fourth-order valence-electron chi connectivity index (χ4n) is 1.79. The highest BCUT2D eigenvalue weighted by atomic mass is 35.5. The zero-order valence-corrected chi connectivity index (χ0v) is 11.8. The number of benzene rings is 1. The van der Waals surface area contributed by atoms with E-state index < -0.39 is 5.56 Å². The molecule has 0 aliphatic rings. The van der Waals surface area contributed by atoms with Crippen molar-refractivity contribution in [3.63, 3.8) is 0 Å². The Hall–Kier alpha value is -2.21. The van der Waals surface area contributed by atoms with E-state index in [-0.39, 0.29) is 5.02 Å². The molecule has 0 atom stereocenters. The molecule has 0 spiro atoms. The molecule has 20 heavy (non-hydrogen) atoms. The molecule has 1 aromatic heterocycles. The first-order valence-electron chi connectivity index (χ1n) is 5.84. The molecule has 1 aromatic carbocycles. The van der Waals surface area contributed by atoms with Gasteiger partial charge in [-0.25, -0.2) is 5.10 Å². The first-order valence-corrected chi connectivity index (χ1v) is 6.22. The van der Waals surface area contributed by atoms with Gasteiger partial charge in [-0.2, -0.15) is 5.10 Å². The number of H-pyrrole nitrogens is 1. The van der Waals surface area contributed by atoms with E-state index >= 15 is 0 Å². The molecule has 0 fully saturated rings. The number of halogens is 1. The van der Waals surface area contributed by atoms with Crippen molar-refractivity contribution >= 4 is 17.3 Å². The van der Waals surface area contributed by atoms with Crippen LogP contribution in [0.5, 0.6) is 11.5 Å². The van der Waals surface area contributed by atoms with Crippen LogP contribution in [0.25, 0.3) is 0 Å². The van der Waals surface area contributed by atoms with Gasteiger partial charge in [0.05, 0.1) is 26.1 Å². The van der Waals surface area contributed by atoms with Crippen LogP contribution in [0, 0.1) is 0 Å². The van der Waals surface area contributed by atoms with Crippen molar-refractivity contribution in [2.24, 2.45) is 0 Å². The van der Waals surface area contributed by atoms with E-state index in [0.717, 1.165) is 5.56 Å². The third-order valence-electron chi connectivity index (χ3n) is 2.75.